The van der Waals surface area contributed by atoms with E-state index in [1.54, 1.807) is 13.8 Å². The lowest BCUT2D eigenvalue weighted by Gasteiger charge is -2.27. The summed E-state index contributed by atoms with van der Waals surface area (Å²) in [6, 6.07) is 15.3. The Kier molecular flexibility index (Phi) is 8.20. The van der Waals surface area contributed by atoms with Crippen LogP contribution in [0.15, 0.2) is 48.5 Å². The summed E-state index contributed by atoms with van der Waals surface area (Å²) in [4.78, 5) is 37.2. The van der Waals surface area contributed by atoms with Crippen molar-refractivity contribution >= 4 is 18.0 Å². The summed E-state index contributed by atoms with van der Waals surface area (Å²) in [5.41, 5.74) is 4.25. The first-order valence-electron chi connectivity index (χ1n) is 12.1. The number of amides is 2. The smallest absolute Gasteiger partial charge is 0.407 e. The second-order valence-electron chi connectivity index (χ2n) is 10.7. The van der Waals surface area contributed by atoms with Crippen LogP contribution in [0.1, 0.15) is 58.1 Å². The molecule has 0 bridgehead atoms. The third-order valence-corrected chi connectivity index (χ3v) is 6.39. The molecule has 1 aliphatic rings. The molecule has 0 aliphatic heterocycles. The molecule has 0 spiro atoms. The van der Waals surface area contributed by atoms with Crippen LogP contribution in [0.25, 0.3) is 11.1 Å². The monoisotopic (exact) mass is 480 g/mol. The predicted molar refractivity (Wildman–Crippen MR) is 135 cm³/mol. The van der Waals surface area contributed by atoms with Gasteiger partial charge in [0, 0.05) is 12.5 Å². The molecule has 7 heteroatoms. The van der Waals surface area contributed by atoms with Gasteiger partial charge in [0.15, 0.2) is 0 Å². The maximum absolute atomic E-state index is 12.9. The molecule has 7 nitrogen and oxygen atoms in total. The van der Waals surface area contributed by atoms with Crippen molar-refractivity contribution in [3.63, 3.8) is 0 Å². The number of carboxylic acid groups (broad SMARTS) is 1. The largest absolute Gasteiger partial charge is 0.481 e. The minimum absolute atomic E-state index is 0.00114. The summed E-state index contributed by atoms with van der Waals surface area (Å²) in [7, 11) is 0. The Balaban J connectivity index is 1.66. The van der Waals surface area contributed by atoms with E-state index in [1.165, 1.54) is 0 Å². The van der Waals surface area contributed by atoms with Crippen molar-refractivity contribution < 1.29 is 24.2 Å². The van der Waals surface area contributed by atoms with E-state index in [2.05, 4.69) is 22.8 Å². The van der Waals surface area contributed by atoms with Crippen molar-refractivity contribution in [2.24, 2.45) is 17.3 Å². The number of hydrogen-bond donors (Lipinski definition) is 3. The fraction of sp³-hybridized carbons (Fsp3) is 0.464. The molecule has 2 amide bonds. The van der Waals surface area contributed by atoms with Gasteiger partial charge in [-0.25, -0.2) is 4.79 Å². The summed E-state index contributed by atoms with van der Waals surface area (Å²) in [5, 5.41) is 14.8. The molecule has 35 heavy (non-hydrogen) atoms. The zero-order valence-corrected chi connectivity index (χ0v) is 21.1. The second kappa shape index (κ2) is 10.9. The van der Waals surface area contributed by atoms with E-state index in [9.17, 15) is 19.5 Å². The molecule has 1 aliphatic carbocycles. The first-order valence-corrected chi connectivity index (χ1v) is 12.1. The molecule has 0 heterocycles. The van der Waals surface area contributed by atoms with E-state index < -0.39 is 29.9 Å². The number of rotatable bonds is 9. The van der Waals surface area contributed by atoms with Crippen LogP contribution in [0.5, 0.6) is 0 Å². The highest BCUT2D eigenvalue weighted by molar-refractivity contribution is 5.86. The Hall–Kier alpha value is -3.35. The van der Waals surface area contributed by atoms with Gasteiger partial charge >= 0.3 is 12.1 Å². The van der Waals surface area contributed by atoms with Crippen molar-refractivity contribution in [1.82, 2.24) is 10.6 Å². The quantitative estimate of drug-likeness (QED) is 0.478. The number of ether oxygens (including phenoxy) is 1. The minimum atomic E-state index is -0.961. The molecule has 0 saturated carbocycles. The van der Waals surface area contributed by atoms with Gasteiger partial charge in [-0.15, -0.1) is 0 Å². The molecule has 3 N–H and O–H groups in total. The number of alkyl carbamates (subject to hydrolysis) is 1. The second-order valence-corrected chi connectivity index (χ2v) is 10.7. The average molecular weight is 481 g/mol. The van der Waals surface area contributed by atoms with Crippen molar-refractivity contribution in [1.29, 1.82) is 0 Å². The van der Waals surface area contributed by atoms with Crippen LogP contribution >= 0.6 is 0 Å². The maximum atomic E-state index is 12.9. The number of fused-ring (bicyclic) bond motifs is 3. The predicted octanol–water partition coefficient (Wildman–Crippen LogP) is 4.80. The van der Waals surface area contributed by atoms with Crippen LogP contribution in [0.4, 0.5) is 4.79 Å². The van der Waals surface area contributed by atoms with E-state index in [1.807, 2.05) is 57.2 Å². The Morgan fingerprint density at radius 2 is 1.51 bits per heavy atom. The number of hydrogen-bond acceptors (Lipinski definition) is 4. The summed E-state index contributed by atoms with van der Waals surface area (Å²) < 4.78 is 5.61. The van der Waals surface area contributed by atoms with E-state index in [-0.39, 0.29) is 30.4 Å². The lowest BCUT2D eigenvalue weighted by atomic mass is 9.87. The van der Waals surface area contributed by atoms with Crippen LogP contribution < -0.4 is 10.6 Å². The van der Waals surface area contributed by atoms with Gasteiger partial charge in [-0.1, -0.05) is 83.1 Å². The van der Waals surface area contributed by atoms with Crippen molar-refractivity contribution in [2.45, 2.75) is 53.0 Å². The molecule has 3 rings (SSSR count). The van der Waals surface area contributed by atoms with Crippen LogP contribution in [-0.4, -0.2) is 42.3 Å². The molecule has 2 aromatic carbocycles. The van der Waals surface area contributed by atoms with Gasteiger partial charge in [-0.2, -0.15) is 0 Å². The molecule has 2 aromatic rings. The standard InChI is InChI=1S/C28H36N2O5/c1-17(2)22(26(32)33)15-29-25(31)24(14-28(3,4)5)30-27(34)35-16-23-20-12-8-6-10-18(20)19-11-7-9-13-21(19)23/h6-13,17,22-24H,14-16H2,1-5H3,(H,29,31)(H,30,34)(H,32,33). The zero-order valence-electron chi connectivity index (χ0n) is 21.1. The number of carbonyl (C=O) groups excluding carboxylic acids is 2. The molecular formula is C28H36N2O5. The first kappa shape index (κ1) is 26.3. The maximum Gasteiger partial charge on any atom is 0.407 e. The van der Waals surface area contributed by atoms with Crippen LogP contribution in [-0.2, 0) is 14.3 Å². The highest BCUT2D eigenvalue weighted by atomic mass is 16.5. The summed E-state index contributed by atoms with van der Waals surface area (Å²) >= 11 is 0. The molecule has 0 fully saturated rings. The topological polar surface area (TPSA) is 105 Å². The van der Waals surface area contributed by atoms with E-state index in [4.69, 9.17) is 4.74 Å². The molecule has 0 aromatic heterocycles. The lowest BCUT2D eigenvalue weighted by Crippen LogP contribution is -2.50. The Morgan fingerprint density at radius 3 is 2.00 bits per heavy atom. The molecule has 0 radical (unpaired) electrons. The molecule has 2 atom stereocenters. The fourth-order valence-corrected chi connectivity index (χ4v) is 4.55. The van der Waals surface area contributed by atoms with Gasteiger partial charge in [0.25, 0.3) is 0 Å². The molecule has 2 unspecified atom stereocenters. The number of benzene rings is 2. The third-order valence-electron chi connectivity index (χ3n) is 6.39. The number of carbonyl (C=O) groups is 3. The Labute approximate surface area is 207 Å². The first-order chi connectivity index (χ1) is 16.5. The fourth-order valence-electron chi connectivity index (χ4n) is 4.55. The van der Waals surface area contributed by atoms with E-state index in [0.717, 1.165) is 22.3 Å². The van der Waals surface area contributed by atoms with E-state index in [0.29, 0.717) is 6.42 Å². The van der Waals surface area contributed by atoms with Gasteiger partial charge in [-0.05, 0) is 40.0 Å². The van der Waals surface area contributed by atoms with Gasteiger partial charge in [-0.3, -0.25) is 9.59 Å². The van der Waals surface area contributed by atoms with Crippen LogP contribution in [0, 0.1) is 17.3 Å². The highest BCUT2D eigenvalue weighted by Gasteiger charge is 2.31. The number of nitrogens with one attached hydrogen (secondary N) is 2. The highest BCUT2D eigenvalue weighted by Crippen LogP contribution is 2.44. The zero-order chi connectivity index (χ0) is 25.8. The lowest BCUT2D eigenvalue weighted by molar-refractivity contribution is -0.143. The molecule has 0 saturated heterocycles. The summed E-state index contributed by atoms with van der Waals surface area (Å²) in [6.07, 6.45) is -0.294. The Bertz CT molecular complexity index is 1030. The Morgan fingerprint density at radius 1 is 0.971 bits per heavy atom. The SMILES string of the molecule is CC(C)C(CNC(=O)C(CC(C)(C)C)NC(=O)OCC1c2ccccc2-c2ccccc21)C(=O)O. The van der Waals surface area contributed by atoms with Crippen LogP contribution in [0.2, 0.25) is 0 Å². The number of carboxylic acids is 1. The van der Waals surface area contributed by atoms with Gasteiger partial charge in [0.1, 0.15) is 12.6 Å². The van der Waals surface area contributed by atoms with Gasteiger partial charge < -0.3 is 20.5 Å². The molecule has 188 valence electrons. The molecular weight excluding hydrogens is 444 g/mol. The van der Waals surface area contributed by atoms with Crippen molar-refractivity contribution in [2.75, 3.05) is 13.2 Å². The van der Waals surface area contributed by atoms with Crippen LogP contribution in [0.3, 0.4) is 0 Å². The van der Waals surface area contributed by atoms with Crippen molar-refractivity contribution in [3.05, 3.63) is 59.7 Å². The van der Waals surface area contributed by atoms with Crippen molar-refractivity contribution in [3.8, 4) is 11.1 Å². The number of aliphatic carboxylic acids is 1. The van der Waals surface area contributed by atoms with E-state index >= 15 is 0 Å². The minimum Gasteiger partial charge on any atom is -0.481 e. The average Bonchev–Trinajstić information content (AvgIpc) is 3.09. The van der Waals surface area contributed by atoms with Gasteiger partial charge in [0.05, 0.1) is 5.92 Å². The van der Waals surface area contributed by atoms with Gasteiger partial charge in [0.2, 0.25) is 5.91 Å². The summed E-state index contributed by atoms with van der Waals surface area (Å²) in [5.74, 6) is -2.30. The normalized spacial score (nSPS) is 14.6. The third kappa shape index (κ3) is 6.62. The summed E-state index contributed by atoms with van der Waals surface area (Å²) in [6.45, 7) is 9.67.